The van der Waals surface area contributed by atoms with Gasteiger partial charge in [-0.3, -0.25) is 0 Å². The van der Waals surface area contributed by atoms with Crippen LogP contribution in [-0.4, -0.2) is 28.8 Å². The summed E-state index contributed by atoms with van der Waals surface area (Å²) < 4.78 is 0. The molecule has 0 aromatic heterocycles. The average Bonchev–Trinajstić information content (AvgIpc) is 2.38. The van der Waals surface area contributed by atoms with Crippen LogP contribution < -0.4 is 11.1 Å². The third-order valence-corrected chi connectivity index (χ3v) is 2.54. The lowest BCUT2D eigenvalue weighted by Crippen LogP contribution is -2.25. The summed E-state index contributed by atoms with van der Waals surface area (Å²) in [7, 11) is 0. The first-order valence-corrected chi connectivity index (χ1v) is 5.63. The molecule has 0 spiro atoms. The molecule has 1 aromatic rings. The highest BCUT2D eigenvalue weighted by Crippen LogP contribution is 2.04. The summed E-state index contributed by atoms with van der Waals surface area (Å²) in [5, 5.41) is 24.0. The van der Waals surface area contributed by atoms with Gasteiger partial charge in [0.15, 0.2) is 5.84 Å². The molecule has 0 radical (unpaired) electrons. The Morgan fingerprint density at radius 3 is 2.59 bits per heavy atom. The number of nitrogens with zero attached hydrogens (tertiary/aromatic N) is 1. The second-order valence-electron chi connectivity index (χ2n) is 3.88. The fraction of sp³-hybridized carbons (Fsp3) is 0.417. The number of oxime groups is 1. The number of hydrogen-bond acceptors (Lipinski definition) is 4. The van der Waals surface area contributed by atoms with Crippen LogP contribution in [0.5, 0.6) is 0 Å². The van der Waals surface area contributed by atoms with Gasteiger partial charge in [-0.05, 0) is 12.0 Å². The lowest BCUT2D eigenvalue weighted by atomic mass is 10.1. The molecule has 5 heteroatoms. The van der Waals surface area contributed by atoms with Crippen LogP contribution in [0.15, 0.2) is 29.4 Å². The number of aliphatic hydroxyl groups is 1. The lowest BCUT2D eigenvalue weighted by Gasteiger charge is -2.09. The van der Waals surface area contributed by atoms with Crippen LogP contribution in [0.1, 0.15) is 24.5 Å². The first-order valence-electron chi connectivity index (χ1n) is 5.63. The van der Waals surface area contributed by atoms with Gasteiger partial charge in [-0.2, -0.15) is 0 Å². The molecule has 0 saturated heterocycles. The first kappa shape index (κ1) is 13.5. The van der Waals surface area contributed by atoms with Crippen molar-refractivity contribution in [1.29, 1.82) is 0 Å². The summed E-state index contributed by atoms with van der Waals surface area (Å²) in [5.41, 5.74) is 7.22. The molecule has 0 aliphatic carbocycles. The molecule has 0 bridgehead atoms. The zero-order valence-corrected chi connectivity index (χ0v) is 9.93. The SMILES string of the molecule is CCC(O)CNCc1ccc(/C(N)=N/O)cc1. The van der Waals surface area contributed by atoms with E-state index in [4.69, 9.17) is 10.9 Å². The molecule has 94 valence electrons. The molecule has 0 heterocycles. The van der Waals surface area contributed by atoms with Crippen LogP contribution in [0.2, 0.25) is 0 Å². The summed E-state index contributed by atoms with van der Waals surface area (Å²) in [6, 6.07) is 7.39. The Hall–Kier alpha value is -1.59. The van der Waals surface area contributed by atoms with Crippen molar-refractivity contribution < 1.29 is 10.3 Å². The van der Waals surface area contributed by atoms with Crippen molar-refractivity contribution in [3.8, 4) is 0 Å². The minimum Gasteiger partial charge on any atom is -0.409 e. The highest BCUT2D eigenvalue weighted by atomic mass is 16.4. The molecule has 5 N–H and O–H groups in total. The second-order valence-corrected chi connectivity index (χ2v) is 3.88. The number of benzene rings is 1. The van der Waals surface area contributed by atoms with Crippen LogP contribution in [0.4, 0.5) is 0 Å². The largest absolute Gasteiger partial charge is 0.409 e. The highest BCUT2D eigenvalue weighted by Gasteiger charge is 2.01. The van der Waals surface area contributed by atoms with Crippen LogP contribution in [0.25, 0.3) is 0 Å². The third-order valence-electron chi connectivity index (χ3n) is 2.54. The van der Waals surface area contributed by atoms with Gasteiger partial charge in [0.25, 0.3) is 0 Å². The maximum atomic E-state index is 9.36. The van der Waals surface area contributed by atoms with Gasteiger partial charge < -0.3 is 21.4 Å². The predicted octanol–water partition coefficient (Wildman–Crippen LogP) is 0.642. The number of aliphatic hydroxyl groups excluding tert-OH is 1. The highest BCUT2D eigenvalue weighted by molar-refractivity contribution is 5.96. The molecule has 0 saturated carbocycles. The van der Waals surface area contributed by atoms with Crippen molar-refractivity contribution in [3.05, 3.63) is 35.4 Å². The Labute approximate surface area is 101 Å². The van der Waals surface area contributed by atoms with Gasteiger partial charge in [-0.1, -0.05) is 36.3 Å². The normalized spacial score (nSPS) is 13.6. The van der Waals surface area contributed by atoms with Gasteiger partial charge in [-0.15, -0.1) is 0 Å². The molecule has 5 nitrogen and oxygen atoms in total. The molecule has 1 rings (SSSR count). The molecule has 0 amide bonds. The zero-order chi connectivity index (χ0) is 12.7. The summed E-state index contributed by atoms with van der Waals surface area (Å²) in [5.74, 6) is 0.103. The van der Waals surface area contributed by atoms with Crippen molar-refractivity contribution in [2.75, 3.05) is 6.54 Å². The van der Waals surface area contributed by atoms with E-state index in [1.165, 1.54) is 0 Å². The standard InChI is InChI=1S/C12H19N3O2/c1-2-11(16)8-14-7-9-3-5-10(6-4-9)12(13)15-17/h3-6,11,14,16-17H,2,7-8H2,1H3,(H2,13,15). The fourth-order valence-electron chi connectivity index (χ4n) is 1.38. The van der Waals surface area contributed by atoms with Crippen molar-refractivity contribution >= 4 is 5.84 Å². The van der Waals surface area contributed by atoms with E-state index in [-0.39, 0.29) is 11.9 Å². The van der Waals surface area contributed by atoms with E-state index in [2.05, 4.69) is 10.5 Å². The van der Waals surface area contributed by atoms with E-state index in [1.54, 1.807) is 12.1 Å². The number of nitrogens with one attached hydrogen (secondary N) is 1. The Morgan fingerprint density at radius 2 is 2.06 bits per heavy atom. The average molecular weight is 237 g/mol. The lowest BCUT2D eigenvalue weighted by molar-refractivity contribution is 0.167. The third kappa shape index (κ3) is 4.42. The van der Waals surface area contributed by atoms with E-state index in [0.29, 0.717) is 18.7 Å². The molecular formula is C12H19N3O2. The number of nitrogens with two attached hydrogens (primary N) is 1. The minimum atomic E-state index is -0.300. The molecule has 1 atom stereocenters. The van der Waals surface area contributed by atoms with Gasteiger partial charge in [-0.25, -0.2) is 0 Å². The Bertz CT molecular complexity index is 363. The minimum absolute atomic E-state index is 0.103. The predicted molar refractivity (Wildman–Crippen MR) is 67.0 cm³/mol. The summed E-state index contributed by atoms with van der Waals surface area (Å²) >= 11 is 0. The zero-order valence-electron chi connectivity index (χ0n) is 9.93. The maximum absolute atomic E-state index is 9.36. The van der Waals surface area contributed by atoms with Crippen molar-refractivity contribution in [2.24, 2.45) is 10.9 Å². The smallest absolute Gasteiger partial charge is 0.170 e. The van der Waals surface area contributed by atoms with E-state index in [1.807, 2.05) is 19.1 Å². The number of hydrogen-bond donors (Lipinski definition) is 4. The number of amidine groups is 1. The maximum Gasteiger partial charge on any atom is 0.170 e. The Morgan fingerprint density at radius 1 is 1.41 bits per heavy atom. The second kappa shape index (κ2) is 6.88. The van der Waals surface area contributed by atoms with E-state index in [0.717, 1.165) is 12.0 Å². The van der Waals surface area contributed by atoms with Crippen molar-refractivity contribution in [3.63, 3.8) is 0 Å². The molecule has 17 heavy (non-hydrogen) atoms. The van der Waals surface area contributed by atoms with Crippen LogP contribution in [-0.2, 0) is 6.54 Å². The summed E-state index contributed by atoms with van der Waals surface area (Å²) in [6.07, 6.45) is 0.446. The van der Waals surface area contributed by atoms with Crippen LogP contribution in [0.3, 0.4) is 0 Å². The van der Waals surface area contributed by atoms with Gasteiger partial charge in [0.05, 0.1) is 6.10 Å². The Balaban J connectivity index is 2.46. The molecule has 0 aliphatic heterocycles. The molecule has 1 aromatic carbocycles. The summed E-state index contributed by atoms with van der Waals surface area (Å²) in [4.78, 5) is 0. The first-order chi connectivity index (χ1) is 8.17. The molecular weight excluding hydrogens is 218 g/mol. The summed E-state index contributed by atoms with van der Waals surface area (Å²) in [6.45, 7) is 3.21. The van der Waals surface area contributed by atoms with E-state index >= 15 is 0 Å². The fourth-order valence-corrected chi connectivity index (χ4v) is 1.38. The van der Waals surface area contributed by atoms with Gasteiger partial charge in [0.1, 0.15) is 0 Å². The van der Waals surface area contributed by atoms with Crippen LogP contribution in [0, 0.1) is 0 Å². The van der Waals surface area contributed by atoms with Crippen molar-refractivity contribution in [2.45, 2.75) is 26.0 Å². The van der Waals surface area contributed by atoms with Crippen molar-refractivity contribution in [1.82, 2.24) is 5.32 Å². The van der Waals surface area contributed by atoms with Gasteiger partial charge >= 0.3 is 0 Å². The van der Waals surface area contributed by atoms with Gasteiger partial charge in [0.2, 0.25) is 0 Å². The van der Waals surface area contributed by atoms with Crippen LogP contribution >= 0.6 is 0 Å². The molecule has 1 unspecified atom stereocenters. The Kier molecular flexibility index (Phi) is 5.45. The van der Waals surface area contributed by atoms with Gasteiger partial charge in [0, 0.05) is 18.7 Å². The quantitative estimate of drug-likeness (QED) is 0.253. The molecule has 0 fully saturated rings. The molecule has 0 aliphatic rings. The topological polar surface area (TPSA) is 90.9 Å². The van der Waals surface area contributed by atoms with E-state index in [9.17, 15) is 5.11 Å². The number of rotatable bonds is 6. The van der Waals surface area contributed by atoms with E-state index < -0.39 is 0 Å². The monoisotopic (exact) mass is 237 g/mol.